The number of hydrogen-bond donors (Lipinski definition) is 2. The number of carbonyl (C=O) groups excluding carboxylic acids is 1. The van der Waals surface area contributed by atoms with Crippen molar-refractivity contribution in [2.24, 2.45) is 0 Å². The maximum Gasteiger partial charge on any atom is 0.273 e. The average molecular weight is 460 g/mol. The maximum atomic E-state index is 13.6. The summed E-state index contributed by atoms with van der Waals surface area (Å²) >= 11 is 0. The van der Waals surface area contributed by atoms with Crippen molar-refractivity contribution in [3.63, 3.8) is 0 Å². The molecule has 1 fully saturated rings. The van der Waals surface area contributed by atoms with E-state index >= 15 is 0 Å². The standard InChI is InChI=1S/C25H26FN7O/c1-15-12-28-20-10-7-17(14-33(15)20)22-21(16-5-8-18(26)9-6-16)31-24(27)23(30-22)25(34)29-13-19-4-3-11-32(19)2/h5-10,12,14,19H,3-4,11,13H2,1-2H3,(H2,27,31)(H,29,34). The number of nitrogen functional groups attached to an aromatic ring is 1. The molecule has 1 aliphatic heterocycles. The fraction of sp³-hybridized carbons (Fsp3) is 0.280. The number of hydrogen-bond acceptors (Lipinski definition) is 6. The van der Waals surface area contributed by atoms with Crippen LogP contribution in [0.1, 0.15) is 29.0 Å². The Kier molecular flexibility index (Phi) is 5.70. The molecule has 3 N–H and O–H groups in total. The van der Waals surface area contributed by atoms with E-state index in [1.165, 1.54) is 12.1 Å². The monoisotopic (exact) mass is 459 g/mol. The molecule has 0 radical (unpaired) electrons. The van der Waals surface area contributed by atoms with Gasteiger partial charge in [-0.15, -0.1) is 0 Å². The van der Waals surface area contributed by atoms with Crippen LogP contribution in [0.2, 0.25) is 0 Å². The fourth-order valence-electron chi connectivity index (χ4n) is 4.40. The highest BCUT2D eigenvalue weighted by molar-refractivity contribution is 5.98. The second kappa shape index (κ2) is 8.83. The SMILES string of the molecule is Cc1cnc2ccc(-c3nc(C(=O)NCC4CCCN4C)c(N)nc3-c3ccc(F)cc3)cn12. The van der Waals surface area contributed by atoms with Gasteiger partial charge in [-0.05, 0) is 69.8 Å². The van der Waals surface area contributed by atoms with Crippen molar-refractivity contribution in [3.8, 4) is 22.5 Å². The van der Waals surface area contributed by atoms with Gasteiger partial charge in [0, 0.05) is 41.8 Å². The number of pyridine rings is 1. The number of carbonyl (C=O) groups is 1. The average Bonchev–Trinajstić information content (AvgIpc) is 3.42. The third kappa shape index (κ3) is 4.10. The van der Waals surface area contributed by atoms with Crippen LogP contribution in [0, 0.1) is 12.7 Å². The van der Waals surface area contributed by atoms with Crippen molar-refractivity contribution < 1.29 is 9.18 Å². The Balaban J connectivity index is 1.58. The molecular weight excluding hydrogens is 433 g/mol. The largest absolute Gasteiger partial charge is 0.382 e. The van der Waals surface area contributed by atoms with Gasteiger partial charge < -0.3 is 20.4 Å². The summed E-state index contributed by atoms with van der Waals surface area (Å²) in [6.07, 6.45) is 5.84. The summed E-state index contributed by atoms with van der Waals surface area (Å²) in [5.74, 6) is -0.688. The summed E-state index contributed by atoms with van der Waals surface area (Å²) in [4.78, 5) is 28.9. The molecule has 3 aromatic heterocycles. The quantitative estimate of drug-likeness (QED) is 0.475. The number of benzene rings is 1. The smallest absolute Gasteiger partial charge is 0.273 e. The predicted octanol–water partition coefficient (Wildman–Crippen LogP) is 3.31. The molecule has 1 atom stereocenters. The lowest BCUT2D eigenvalue weighted by Gasteiger charge is -2.20. The van der Waals surface area contributed by atoms with E-state index in [1.54, 1.807) is 18.3 Å². The molecule has 1 amide bonds. The van der Waals surface area contributed by atoms with E-state index in [0.717, 1.165) is 36.3 Å². The molecule has 34 heavy (non-hydrogen) atoms. The topological polar surface area (TPSA) is 101 Å². The number of halogens is 1. The molecule has 9 heteroatoms. The minimum absolute atomic E-state index is 0.0280. The lowest BCUT2D eigenvalue weighted by molar-refractivity contribution is 0.0939. The van der Waals surface area contributed by atoms with E-state index in [9.17, 15) is 9.18 Å². The summed E-state index contributed by atoms with van der Waals surface area (Å²) < 4.78 is 15.5. The van der Waals surface area contributed by atoms with Gasteiger partial charge in [-0.3, -0.25) is 4.79 Å². The van der Waals surface area contributed by atoms with Gasteiger partial charge in [-0.25, -0.2) is 19.3 Å². The number of anilines is 1. The zero-order valence-corrected chi connectivity index (χ0v) is 19.1. The van der Waals surface area contributed by atoms with E-state index in [1.807, 2.05) is 29.7 Å². The van der Waals surface area contributed by atoms with E-state index < -0.39 is 0 Å². The summed E-state index contributed by atoms with van der Waals surface area (Å²) in [6.45, 7) is 3.50. The lowest BCUT2D eigenvalue weighted by atomic mass is 10.0. The van der Waals surface area contributed by atoms with Crippen molar-refractivity contribution in [1.29, 1.82) is 0 Å². The molecular formula is C25H26FN7O. The minimum atomic E-state index is -0.364. The summed E-state index contributed by atoms with van der Waals surface area (Å²) in [7, 11) is 2.06. The van der Waals surface area contributed by atoms with Crippen molar-refractivity contribution in [2.75, 3.05) is 25.9 Å². The first-order chi connectivity index (χ1) is 16.4. The van der Waals surface area contributed by atoms with Gasteiger partial charge in [0.15, 0.2) is 11.5 Å². The first kappa shape index (κ1) is 22.0. The number of likely N-dealkylation sites (N-methyl/N-ethyl adjacent to an activating group) is 1. The van der Waals surface area contributed by atoms with Crippen LogP contribution in [0.5, 0.6) is 0 Å². The minimum Gasteiger partial charge on any atom is -0.382 e. The molecule has 0 aliphatic carbocycles. The molecule has 1 aromatic carbocycles. The summed E-state index contributed by atoms with van der Waals surface area (Å²) in [6, 6.07) is 10.0. The number of nitrogens with one attached hydrogen (secondary N) is 1. The Labute approximate surface area is 196 Å². The van der Waals surface area contributed by atoms with E-state index in [4.69, 9.17) is 5.73 Å². The van der Waals surface area contributed by atoms with Crippen LogP contribution in [-0.2, 0) is 0 Å². The highest BCUT2D eigenvalue weighted by atomic mass is 19.1. The number of aromatic nitrogens is 4. The molecule has 5 rings (SSSR count). The van der Waals surface area contributed by atoms with Gasteiger partial charge in [-0.1, -0.05) is 0 Å². The number of amides is 1. The summed E-state index contributed by atoms with van der Waals surface area (Å²) in [5.41, 5.74) is 10.4. The zero-order valence-electron chi connectivity index (χ0n) is 19.1. The molecule has 174 valence electrons. The molecule has 0 bridgehead atoms. The van der Waals surface area contributed by atoms with Crippen LogP contribution in [0.15, 0.2) is 48.8 Å². The molecule has 4 heterocycles. The lowest BCUT2D eigenvalue weighted by Crippen LogP contribution is -2.38. The van der Waals surface area contributed by atoms with Gasteiger partial charge in [0.2, 0.25) is 0 Å². The number of imidazole rings is 1. The van der Waals surface area contributed by atoms with Crippen LogP contribution >= 0.6 is 0 Å². The Bertz CT molecular complexity index is 1370. The number of rotatable bonds is 5. The molecule has 8 nitrogen and oxygen atoms in total. The third-order valence-corrected chi connectivity index (χ3v) is 6.39. The summed E-state index contributed by atoms with van der Waals surface area (Å²) in [5, 5.41) is 2.96. The predicted molar refractivity (Wildman–Crippen MR) is 129 cm³/mol. The highest BCUT2D eigenvalue weighted by Crippen LogP contribution is 2.31. The van der Waals surface area contributed by atoms with Crippen molar-refractivity contribution in [3.05, 3.63) is 66.0 Å². The van der Waals surface area contributed by atoms with Crippen LogP contribution < -0.4 is 11.1 Å². The molecule has 1 unspecified atom stereocenters. The first-order valence-electron chi connectivity index (χ1n) is 11.3. The van der Waals surface area contributed by atoms with Crippen molar-refractivity contribution in [2.45, 2.75) is 25.8 Å². The molecule has 4 aromatic rings. The van der Waals surface area contributed by atoms with Crippen molar-refractivity contribution in [1.82, 2.24) is 29.6 Å². The Hall–Kier alpha value is -3.85. The van der Waals surface area contributed by atoms with Gasteiger partial charge in [0.25, 0.3) is 5.91 Å². The van der Waals surface area contributed by atoms with Gasteiger partial charge in [0.1, 0.15) is 11.5 Å². The van der Waals surface area contributed by atoms with E-state index in [0.29, 0.717) is 29.5 Å². The molecule has 1 saturated heterocycles. The second-order valence-electron chi connectivity index (χ2n) is 8.69. The van der Waals surface area contributed by atoms with Crippen LogP contribution in [0.4, 0.5) is 10.2 Å². The third-order valence-electron chi connectivity index (χ3n) is 6.39. The molecule has 0 saturated carbocycles. The normalized spacial score (nSPS) is 16.3. The number of aryl methyl sites for hydroxylation is 1. The molecule has 0 spiro atoms. The Morgan fingerprint density at radius 1 is 1.15 bits per heavy atom. The van der Waals surface area contributed by atoms with Gasteiger partial charge in [0.05, 0.1) is 11.4 Å². The fourth-order valence-corrected chi connectivity index (χ4v) is 4.40. The first-order valence-corrected chi connectivity index (χ1v) is 11.3. The number of nitrogens with two attached hydrogens (primary N) is 1. The Morgan fingerprint density at radius 2 is 1.88 bits per heavy atom. The second-order valence-corrected chi connectivity index (χ2v) is 8.69. The highest BCUT2D eigenvalue weighted by Gasteiger charge is 2.24. The van der Waals surface area contributed by atoms with Crippen molar-refractivity contribution >= 4 is 17.4 Å². The number of nitrogens with zero attached hydrogens (tertiary/aromatic N) is 5. The molecule has 1 aliphatic rings. The van der Waals surface area contributed by atoms with E-state index in [-0.39, 0.29) is 23.2 Å². The van der Waals surface area contributed by atoms with Crippen LogP contribution in [0.3, 0.4) is 0 Å². The van der Waals surface area contributed by atoms with Gasteiger partial charge in [-0.2, -0.15) is 0 Å². The van der Waals surface area contributed by atoms with E-state index in [2.05, 4.69) is 32.2 Å². The Morgan fingerprint density at radius 3 is 2.62 bits per heavy atom. The zero-order chi connectivity index (χ0) is 23.8. The number of likely N-dealkylation sites (tertiary alicyclic amines) is 1. The maximum absolute atomic E-state index is 13.6. The van der Waals surface area contributed by atoms with Crippen LogP contribution in [0.25, 0.3) is 28.2 Å². The number of fused-ring (bicyclic) bond motifs is 1. The van der Waals surface area contributed by atoms with Crippen LogP contribution in [-0.4, -0.2) is 56.3 Å². The van der Waals surface area contributed by atoms with Gasteiger partial charge >= 0.3 is 0 Å².